The van der Waals surface area contributed by atoms with Gasteiger partial charge < -0.3 is 4.90 Å². The second-order valence-electron chi connectivity index (χ2n) is 5.04. The maximum atomic E-state index is 2.88. The minimum atomic E-state index is 1.11. The summed E-state index contributed by atoms with van der Waals surface area (Å²) in [6.07, 6.45) is 2.27. The molecule has 100 valence electrons. The highest BCUT2D eigenvalue weighted by Gasteiger charge is 2.13. The molecular formula is C17H22NP. The normalized spacial score (nSPS) is 10.5. The zero-order chi connectivity index (χ0) is 13.8. The van der Waals surface area contributed by atoms with E-state index in [1.54, 1.807) is 0 Å². The molecule has 1 atom stereocenters. The number of rotatable bonds is 4. The molecule has 0 aliphatic heterocycles. The molecule has 2 aromatic carbocycles. The average molecular weight is 271 g/mol. The molecule has 0 saturated heterocycles. The third-order valence-electron chi connectivity index (χ3n) is 3.36. The summed E-state index contributed by atoms with van der Waals surface area (Å²) in [5.74, 6) is 0. The fraction of sp³-hybridized carbons (Fsp3) is 0.294. The highest BCUT2D eigenvalue weighted by Crippen LogP contribution is 2.31. The van der Waals surface area contributed by atoms with Crippen LogP contribution in [-0.2, 0) is 6.42 Å². The van der Waals surface area contributed by atoms with Crippen LogP contribution < -0.4 is 10.2 Å². The molecule has 1 nitrogen and oxygen atoms in total. The molecule has 0 aliphatic rings. The van der Waals surface area contributed by atoms with Crippen molar-refractivity contribution in [3.8, 4) is 11.1 Å². The Bertz CT molecular complexity index is 547. The Hall–Kier alpha value is -1.33. The molecule has 0 amide bonds. The summed E-state index contributed by atoms with van der Waals surface area (Å²) in [6.45, 7) is 2.24. The lowest BCUT2D eigenvalue weighted by atomic mass is 9.94. The Labute approximate surface area is 118 Å². The minimum absolute atomic E-state index is 1.11. The summed E-state index contributed by atoms with van der Waals surface area (Å²) in [6, 6.07) is 15.1. The molecule has 1 unspecified atom stereocenters. The highest BCUT2D eigenvalue weighted by atomic mass is 31.0. The van der Waals surface area contributed by atoms with Crippen LogP contribution in [-0.4, -0.2) is 14.1 Å². The number of hydrogen-bond acceptors (Lipinski definition) is 1. The van der Waals surface area contributed by atoms with Crippen LogP contribution in [0.4, 0.5) is 5.69 Å². The van der Waals surface area contributed by atoms with Gasteiger partial charge in [-0.15, -0.1) is 9.24 Å². The summed E-state index contributed by atoms with van der Waals surface area (Å²) in [5.41, 5.74) is 5.46. The van der Waals surface area contributed by atoms with E-state index in [2.05, 4.69) is 77.6 Å². The predicted molar refractivity (Wildman–Crippen MR) is 89.5 cm³/mol. The van der Waals surface area contributed by atoms with Crippen molar-refractivity contribution >= 4 is 20.2 Å². The van der Waals surface area contributed by atoms with Gasteiger partial charge in [-0.3, -0.25) is 0 Å². The second kappa shape index (κ2) is 6.21. The molecule has 0 N–H and O–H groups in total. The number of hydrogen-bond donors (Lipinski definition) is 0. The van der Waals surface area contributed by atoms with Crippen molar-refractivity contribution in [1.82, 2.24) is 0 Å². The van der Waals surface area contributed by atoms with E-state index in [0.29, 0.717) is 0 Å². The first-order chi connectivity index (χ1) is 9.15. The molecule has 0 bridgehead atoms. The van der Waals surface area contributed by atoms with Gasteiger partial charge in [0, 0.05) is 19.8 Å². The van der Waals surface area contributed by atoms with Gasteiger partial charge >= 0.3 is 0 Å². The van der Waals surface area contributed by atoms with Crippen molar-refractivity contribution in [2.45, 2.75) is 19.8 Å². The predicted octanol–water partition coefficient (Wildman–Crippen LogP) is 3.87. The van der Waals surface area contributed by atoms with Crippen molar-refractivity contribution < 1.29 is 0 Å². The number of anilines is 1. The lowest BCUT2D eigenvalue weighted by Crippen LogP contribution is -2.14. The largest absolute Gasteiger partial charge is 0.377 e. The van der Waals surface area contributed by atoms with E-state index in [-0.39, 0.29) is 0 Å². The highest BCUT2D eigenvalue weighted by molar-refractivity contribution is 7.28. The third kappa shape index (κ3) is 2.98. The molecule has 0 fully saturated rings. The van der Waals surface area contributed by atoms with Crippen LogP contribution in [0.3, 0.4) is 0 Å². The van der Waals surface area contributed by atoms with Crippen LogP contribution in [0.2, 0.25) is 0 Å². The molecule has 0 radical (unpaired) electrons. The molecule has 2 rings (SSSR count). The van der Waals surface area contributed by atoms with Gasteiger partial charge in [0.05, 0.1) is 0 Å². The molecular weight excluding hydrogens is 249 g/mol. The quantitative estimate of drug-likeness (QED) is 0.763. The van der Waals surface area contributed by atoms with E-state index in [1.165, 1.54) is 27.7 Å². The SMILES string of the molecule is CCCc1c(N(C)C)ccc(P)c1-c1ccccc1. The first-order valence-electron chi connectivity index (χ1n) is 6.79. The van der Waals surface area contributed by atoms with Crippen LogP contribution in [0.25, 0.3) is 11.1 Å². The van der Waals surface area contributed by atoms with Gasteiger partial charge in [-0.05, 0) is 34.5 Å². The Kier molecular flexibility index (Phi) is 4.61. The second-order valence-corrected chi connectivity index (χ2v) is 5.66. The molecule has 0 saturated carbocycles. The van der Waals surface area contributed by atoms with Gasteiger partial charge in [0.15, 0.2) is 0 Å². The van der Waals surface area contributed by atoms with Crippen molar-refractivity contribution in [3.63, 3.8) is 0 Å². The smallest absolute Gasteiger partial charge is 0.0400 e. The van der Waals surface area contributed by atoms with Crippen LogP contribution in [0.1, 0.15) is 18.9 Å². The van der Waals surface area contributed by atoms with Crippen molar-refractivity contribution in [3.05, 3.63) is 48.0 Å². The van der Waals surface area contributed by atoms with Crippen LogP contribution in [0.5, 0.6) is 0 Å². The molecule has 0 spiro atoms. The van der Waals surface area contributed by atoms with E-state index < -0.39 is 0 Å². The standard InChI is InChI=1S/C17H22NP/c1-4-8-14-15(18(2)3)11-12-16(19)17(14)13-9-6-5-7-10-13/h5-7,9-12H,4,8,19H2,1-3H3. The molecule has 19 heavy (non-hydrogen) atoms. The van der Waals surface area contributed by atoms with Gasteiger partial charge in [0.1, 0.15) is 0 Å². The molecule has 2 aromatic rings. The zero-order valence-corrected chi connectivity index (χ0v) is 13.1. The lowest BCUT2D eigenvalue weighted by molar-refractivity contribution is 0.915. The van der Waals surface area contributed by atoms with Gasteiger partial charge in [-0.25, -0.2) is 0 Å². The molecule has 0 aromatic heterocycles. The van der Waals surface area contributed by atoms with Gasteiger partial charge in [0.25, 0.3) is 0 Å². The summed E-state index contributed by atoms with van der Waals surface area (Å²) in [5, 5.41) is 1.28. The number of benzene rings is 2. The van der Waals surface area contributed by atoms with E-state index in [1.807, 2.05) is 0 Å². The van der Waals surface area contributed by atoms with E-state index in [4.69, 9.17) is 0 Å². The van der Waals surface area contributed by atoms with Crippen LogP contribution in [0.15, 0.2) is 42.5 Å². The molecule has 0 heterocycles. The fourth-order valence-electron chi connectivity index (χ4n) is 2.52. The first-order valence-corrected chi connectivity index (χ1v) is 7.37. The van der Waals surface area contributed by atoms with Gasteiger partial charge in [-0.1, -0.05) is 49.7 Å². The summed E-state index contributed by atoms with van der Waals surface area (Å²) in [4.78, 5) is 2.21. The summed E-state index contributed by atoms with van der Waals surface area (Å²) < 4.78 is 0. The third-order valence-corrected chi connectivity index (χ3v) is 3.85. The maximum absolute atomic E-state index is 2.88. The van der Waals surface area contributed by atoms with E-state index in [0.717, 1.165) is 12.8 Å². The van der Waals surface area contributed by atoms with E-state index in [9.17, 15) is 0 Å². The average Bonchev–Trinajstić information content (AvgIpc) is 2.40. The van der Waals surface area contributed by atoms with Crippen LogP contribution in [0, 0.1) is 0 Å². The summed E-state index contributed by atoms with van der Waals surface area (Å²) in [7, 11) is 7.11. The topological polar surface area (TPSA) is 3.24 Å². The summed E-state index contributed by atoms with van der Waals surface area (Å²) >= 11 is 0. The molecule has 2 heteroatoms. The van der Waals surface area contributed by atoms with Crippen molar-refractivity contribution in [2.24, 2.45) is 0 Å². The fourth-order valence-corrected chi connectivity index (χ4v) is 2.96. The maximum Gasteiger partial charge on any atom is 0.0400 e. The van der Waals surface area contributed by atoms with Crippen molar-refractivity contribution in [1.29, 1.82) is 0 Å². The monoisotopic (exact) mass is 271 g/mol. The Morgan fingerprint density at radius 2 is 1.68 bits per heavy atom. The Morgan fingerprint density at radius 1 is 1.00 bits per heavy atom. The lowest BCUT2D eigenvalue weighted by Gasteiger charge is -2.22. The minimum Gasteiger partial charge on any atom is -0.377 e. The zero-order valence-electron chi connectivity index (χ0n) is 12.0. The van der Waals surface area contributed by atoms with Gasteiger partial charge in [-0.2, -0.15) is 0 Å². The van der Waals surface area contributed by atoms with Crippen molar-refractivity contribution in [2.75, 3.05) is 19.0 Å². The van der Waals surface area contributed by atoms with Crippen LogP contribution >= 0.6 is 9.24 Å². The van der Waals surface area contributed by atoms with Gasteiger partial charge in [0.2, 0.25) is 0 Å². The first kappa shape index (κ1) is 14.1. The Morgan fingerprint density at radius 3 is 2.26 bits per heavy atom. The number of nitrogens with zero attached hydrogens (tertiary/aromatic N) is 1. The Balaban J connectivity index is 2.67. The molecule has 0 aliphatic carbocycles. The van der Waals surface area contributed by atoms with E-state index >= 15 is 0 Å².